The fourth-order valence-corrected chi connectivity index (χ4v) is 4.19. The third-order valence-electron chi connectivity index (χ3n) is 5.81. The van der Waals surface area contributed by atoms with Crippen molar-refractivity contribution in [1.82, 2.24) is 5.32 Å². The van der Waals surface area contributed by atoms with E-state index >= 15 is 0 Å². The molecule has 2 rings (SSSR count). The molecule has 1 aliphatic carbocycles. The first-order valence-corrected chi connectivity index (χ1v) is 10.2. The number of rotatable bonds is 9. The van der Waals surface area contributed by atoms with Crippen LogP contribution in [0, 0.1) is 12.8 Å². The standard InChI is InChI=1S/C23H36BN/c1-5-25-16-10-9-11-21-15-14-18(2)23(17-21)20(4)24-19(3)22-12-7-6-8-13-22/h5,14-15,17,19,22,25H,1,6-13,16H2,2-4H3. The van der Waals surface area contributed by atoms with Crippen LogP contribution in [0.3, 0.4) is 0 Å². The zero-order valence-electron chi connectivity index (χ0n) is 16.6. The van der Waals surface area contributed by atoms with Gasteiger partial charge in [0, 0.05) is 0 Å². The van der Waals surface area contributed by atoms with Crippen molar-refractivity contribution in [1.29, 1.82) is 0 Å². The number of benzene rings is 1. The molecular formula is C23H36BN. The molecule has 0 heterocycles. The summed E-state index contributed by atoms with van der Waals surface area (Å²) in [7, 11) is 0. The fourth-order valence-electron chi connectivity index (χ4n) is 4.19. The molecule has 0 amide bonds. The molecule has 0 radical (unpaired) electrons. The molecule has 1 nitrogen and oxygen atoms in total. The first-order valence-electron chi connectivity index (χ1n) is 10.2. The van der Waals surface area contributed by atoms with E-state index in [1.54, 1.807) is 6.20 Å². The van der Waals surface area contributed by atoms with E-state index in [2.05, 4.69) is 57.8 Å². The Bertz CT molecular complexity index is 569. The summed E-state index contributed by atoms with van der Waals surface area (Å²) in [6.45, 7) is 14.2. The Hall–Kier alpha value is -1.31. The predicted octanol–water partition coefficient (Wildman–Crippen LogP) is 5.68. The summed E-state index contributed by atoms with van der Waals surface area (Å²) in [6.07, 6.45) is 12.5. The minimum absolute atomic E-state index is 0.702. The first kappa shape index (κ1) is 20.0. The summed E-state index contributed by atoms with van der Waals surface area (Å²) in [5.41, 5.74) is 5.79. The van der Waals surface area contributed by atoms with Crippen LogP contribution >= 0.6 is 0 Å². The second kappa shape index (κ2) is 10.6. The SMILES string of the molecule is C=CNCCCCc1ccc(C)c(/C(C)=B\C(C)C2CCCCC2)c1. The van der Waals surface area contributed by atoms with Crippen LogP contribution in [0.15, 0.2) is 31.0 Å². The van der Waals surface area contributed by atoms with Crippen molar-refractivity contribution in [3.05, 3.63) is 47.7 Å². The van der Waals surface area contributed by atoms with E-state index in [0.717, 1.165) is 18.9 Å². The Balaban J connectivity index is 1.99. The minimum atomic E-state index is 0.702. The Morgan fingerprint density at radius 2 is 2.04 bits per heavy atom. The van der Waals surface area contributed by atoms with Gasteiger partial charge in [-0.1, -0.05) is 0 Å². The summed E-state index contributed by atoms with van der Waals surface area (Å²) in [5.74, 6) is 1.60. The van der Waals surface area contributed by atoms with Gasteiger partial charge in [0.2, 0.25) is 0 Å². The molecule has 1 fully saturated rings. The molecule has 1 saturated carbocycles. The van der Waals surface area contributed by atoms with Gasteiger partial charge in [0.1, 0.15) is 0 Å². The van der Waals surface area contributed by atoms with Crippen molar-refractivity contribution < 1.29 is 0 Å². The van der Waals surface area contributed by atoms with Gasteiger partial charge in [-0.3, -0.25) is 0 Å². The third kappa shape index (κ3) is 6.49. The van der Waals surface area contributed by atoms with Gasteiger partial charge in [-0.25, -0.2) is 0 Å². The fraction of sp³-hybridized carbons (Fsp3) is 0.609. The quantitative estimate of drug-likeness (QED) is 0.451. The topological polar surface area (TPSA) is 12.0 Å². The number of nitrogens with one attached hydrogen (secondary N) is 1. The average Bonchev–Trinajstić information content (AvgIpc) is 2.63. The van der Waals surface area contributed by atoms with E-state index in [9.17, 15) is 0 Å². The van der Waals surface area contributed by atoms with Crippen LogP contribution in [0.5, 0.6) is 0 Å². The average molecular weight is 337 g/mol. The van der Waals surface area contributed by atoms with Crippen molar-refractivity contribution in [2.75, 3.05) is 6.54 Å². The molecule has 136 valence electrons. The molecule has 0 aliphatic heterocycles. The summed E-state index contributed by atoms with van der Waals surface area (Å²) in [6, 6.07) is 7.03. The van der Waals surface area contributed by atoms with Crippen molar-refractivity contribution in [3.63, 3.8) is 0 Å². The molecule has 1 N–H and O–H groups in total. The van der Waals surface area contributed by atoms with Crippen LogP contribution < -0.4 is 5.32 Å². The maximum atomic E-state index is 3.70. The molecular weight excluding hydrogens is 301 g/mol. The van der Waals surface area contributed by atoms with Crippen LogP contribution in [-0.4, -0.2) is 18.9 Å². The zero-order chi connectivity index (χ0) is 18.1. The Morgan fingerprint density at radius 3 is 2.76 bits per heavy atom. The molecule has 1 aromatic rings. The van der Waals surface area contributed by atoms with Gasteiger partial charge in [0.25, 0.3) is 0 Å². The van der Waals surface area contributed by atoms with E-state index in [1.807, 2.05) is 0 Å². The van der Waals surface area contributed by atoms with Gasteiger partial charge in [-0.15, -0.1) is 0 Å². The Labute approximate surface area is 156 Å². The van der Waals surface area contributed by atoms with Crippen molar-refractivity contribution in [2.24, 2.45) is 5.92 Å². The third-order valence-corrected chi connectivity index (χ3v) is 5.81. The summed E-state index contributed by atoms with van der Waals surface area (Å²) in [5, 5.41) is 3.18. The van der Waals surface area contributed by atoms with E-state index in [0.29, 0.717) is 5.82 Å². The second-order valence-corrected chi connectivity index (χ2v) is 7.87. The maximum absolute atomic E-state index is 3.70. The van der Waals surface area contributed by atoms with Crippen LogP contribution in [0.2, 0.25) is 5.82 Å². The Kier molecular flexibility index (Phi) is 8.51. The zero-order valence-corrected chi connectivity index (χ0v) is 16.6. The number of hydrogen-bond donors (Lipinski definition) is 1. The van der Waals surface area contributed by atoms with E-state index in [4.69, 9.17) is 0 Å². The molecule has 1 atom stereocenters. The van der Waals surface area contributed by atoms with E-state index in [1.165, 1.54) is 67.1 Å². The summed E-state index contributed by atoms with van der Waals surface area (Å²) >= 11 is 0. The van der Waals surface area contributed by atoms with Crippen molar-refractivity contribution >= 4 is 12.4 Å². The molecule has 0 bridgehead atoms. The van der Waals surface area contributed by atoms with Gasteiger partial charge in [-0.05, 0) is 0 Å². The summed E-state index contributed by atoms with van der Waals surface area (Å²) in [4.78, 5) is 0. The van der Waals surface area contributed by atoms with Crippen molar-refractivity contribution in [2.45, 2.75) is 78.0 Å². The second-order valence-electron chi connectivity index (χ2n) is 7.87. The molecule has 0 spiro atoms. The van der Waals surface area contributed by atoms with Gasteiger partial charge in [0.15, 0.2) is 0 Å². The van der Waals surface area contributed by atoms with Crippen LogP contribution in [-0.2, 0) is 6.42 Å². The van der Waals surface area contributed by atoms with Crippen LogP contribution in [0.4, 0.5) is 0 Å². The molecule has 25 heavy (non-hydrogen) atoms. The molecule has 1 unspecified atom stereocenters. The monoisotopic (exact) mass is 337 g/mol. The van der Waals surface area contributed by atoms with Gasteiger partial charge >= 0.3 is 156 Å². The number of aryl methyl sites for hydroxylation is 2. The molecule has 0 saturated heterocycles. The Morgan fingerprint density at radius 1 is 1.28 bits per heavy atom. The van der Waals surface area contributed by atoms with Crippen LogP contribution in [0.1, 0.15) is 75.5 Å². The molecule has 1 aliphatic rings. The van der Waals surface area contributed by atoms with Gasteiger partial charge in [0.05, 0.1) is 0 Å². The van der Waals surface area contributed by atoms with E-state index < -0.39 is 0 Å². The normalized spacial score (nSPS) is 17.0. The first-order chi connectivity index (χ1) is 12.1. The number of hydrogen-bond acceptors (Lipinski definition) is 1. The van der Waals surface area contributed by atoms with Gasteiger partial charge < -0.3 is 0 Å². The van der Waals surface area contributed by atoms with E-state index in [-0.39, 0.29) is 0 Å². The van der Waals surface area contributed by atoms with Gasteiger partial charge in [-0.2, -0.15) is 0 Å². The predicted molar refractivity (Wildman–Crippen MR) is 114 cm³/mol. The number of unbranched alkanes of at least 4 members (excludes halogenated alkanes) is 1. The summed E-state index contributed by atoms with van der Waals surface area (Å²) < 4.78 is 0. The molecule has 0 aromatic heterocycles. The van der Waals surface area contributed by atoms with Crippen LogP contribution in [0.25, 0.3) is 0 Å². The van der Waals surface area contributed by atoms with Crippen molar-refractivity contribution in [3.8, 4) is 0 Å². The molecule has 1 aromatic carbocycles. The molecule has 2 heteroatoms.